The molecule has 21 heavy (non-hydrogen) atoms. The fourth-order valence-corrected chi connectivity index (χ4v) is 2.80. The normalized spacial score (nSPS) is 22.1. The molecule has 1 aliphatic carbocycles. The van der Waals surface area contributed by atoms with Crippen LogP contribution in [0.4, 0.5) is 13.2 Å². The van der Waals surface area contributed by atoms with Gasteiger partial charge in [0.15, 0.2) is 17.5 Å². The Labute approximate surface area is 122 Å². The van der Waals surface area contributed by atoms with Crippen LogP contribution in [0.5, 0.6) is 0 Å². The predicted molar refractivity (Wildman–Crippen MR) is 74.4 cm³/mol. The van der Waals surface area contributed by atoms with Crippen molar-refractivity contribution in [1.82, 2.24) is 5.32 Å². The standard InChI is InChI=1S/C16H20F3NO/c1-10-2-4-11(5-3-10)6-7-20-16(21)12-8-13(17)15(19)14(18)9-12/h8-11H,2-7H2,1H3,(H,20,21). The summed E-state index contributed by atoms with van der Waals surface area (Å²) in [4.78, 5) is 11.8. The molecule has 1 amide bonds. The number of amides is 1. The fourth-order valence-electron chi connectivity index (χ4n) is 2.80. The summed E-state index contributed by atoms with van der Waals surface area (Å²) in [6.07, 6.45) is 5.62. The highest BCUT2D eigenvalue weighted by Gasteiger charge is 2.19. The largest absolute Gasteiger partial charge is 0.352 e. The highest BCUT2D eigenvalue weighted by Crippen LogP contribution is 2.29. The van der Waals surface area contributed by atoms with Crippen molar-refractivity contribution < 1.29 is 18.0 Å². The number of carbonyl (C=O) groups is 1. The Bertz CT molecular complexity index is 487. The summed E-state index contributed by atoms with van der Waals surface area (Å²) in [5.41, 5.74) is -0.191. The van der Waals surface area contributed by atoms with Crippen LogP contribution < -0.4 is 5.32 Å². The molecule has 2 rings (SSSR count). The summed E-state index contributed by atoms with van der Waals surface area (Å²) in [6, 6.07) is 1.44. The van der Waals surface area contributed by atoms with Gasteiger partial charge in [-0.25, -0.2) is 13.2 Å². The second-order valence-corrected chi connectivity index (χ2v) is 5.92. The molecule has 0 spiro atoms. The van der Waals surface area contributed by atoms with Gasteiger partial charge < -0.3 is 5.32 Å². The summed E-state index contributed by atoms with van der Waals surface area (Å²) in [5.74, 6) is -3.44. The zero-order valence-corrected chi connectivity index (χ0v) is 12.1. The van der Waals surface area contributed by atoms with Crippen molar-refractivity contribution >= 4 is 5.91 Å². The van der Waals surface area contributed by atoms with Crippen molar-refractivity contribution in [3.63, 3.8) is 0 Å². The van der Waals surface area contributed by atoms with Crippen molar-refractivity contribution in [2.24, 2.45) is 11.8 Å². The highest BCUT2D eigenvalue weighted by atomic mass is 19.2. The van der Waals surface area contributed by atoms with Gasteiger partial charge in [0.25, 0.3) is 5.91 Å². The molecular weight excluding hydrogens is 279 g/mol. The molecule has 0 aliphatic heterocycles. The second-order valence-electron chi connectivity index (χ2n) is 5.92. The molecule has 116 valence electrons. The maximum atomic E-state index is 13.1. The van der Waals surface area contributed by atoms with Crippen molar-refractivity contribution in [3.05, 3.63) is 35.1 Å². The lowest BCUT2D eigenvalue weighted by Gasteiger charge is -2.26. The van der Waals surface area contributed by atoms with E-state index in [4.69, 9.17) is 0 Å². The number of halogens is 3. The van der Waals surface area contributed by atoms with Gasteiger partial charge in [0.05, 0.1) is 0 Å². The van der Waals surface area contributed by atoms with E-state index in [0.717, 1.165) is 37.3 Å². The van der Waals surface area contributed by atoms with Gasteiger partial charge in [-0.15, -0.1) is 0 Å². The van der Waals surface area contributed by atoms with E-state index in [2.05, 4.69) is 12.2 Å². The molecule has 1 saturated carbocycles. The van der Waals surface area contributed by atoms with Gasteiger partial charge in [-0.05, 0) is 30.4 Å². The molecule has 2 nitrogen and oxygen atoms in total. The molecule has 0 atom stereocenters. The monoisotopic (exact) mass is 299 g/mol. The molecule has 1 fully saturated rings. The Morgan fingerprint density at radius 3 is 2.29 bits per heavy atom. The average Bonchev–Trinajstić information content (AvgIpc) is 2.46. The van der Waals surface area contributed by atoms with Crippen molar-refractivity contribution in [1.29, 1.82) is 0 Å². The molecule has 0 bridgehead atoms. The first kappa shape index (κ1) is 15.9. The molecule has 1 aliphatic rings. The first-order chi connectivity index (χ1) is 9.97. The summed E-state index contributed by atoms with van der Waals surface area (Å²) in [7, 11) is 0. The number of rotatable bonds is 4. The third-order valence-electron chi connectivity index (χ3n) is 4.22. The van der Waals surface area contributed by atoms with E-state index in [1.807, 2.05) is 0 Å². The number of nitrogens with one attached hydrogen (secondary N) is 1. The lowest BCUT2D eigenvalue weighted by atomic mass is 9.81. The maximum absolute atomic E-state index is 13.1. The van der Waals surface area contributed by atoms with Gasteiger partial charge in [-0.3, -0.25) is 4.79 Å². The van der Waals surface area contributed by atoms with E-state index >= 15 is 0 Å². The fraction of sp³-hybridized carbons (Fsp3) is 0.562. The first-order valence-electron chi connectivity index (χ1n) is 7.40. The summed E-state index contributed by atoms with van der Waals surface area (Å²) < 4.78 is 38.9. The Morgan fingerprint density at radius 2 is 1.71 bits per heavy atom. The van der Waals surface area contributed by atoms with Gasteiger partial charge in [-0.1, -0.05) is 32.6 Å². The minimum absolute atomic E-state index is 0.191. The minimum atomic E-state index is -1.55. The van der Waals surface area contributed by atoms with Crippen LogP contribution in [0.3, 0.4) is 0 Å². The molecule has 0 heterocycles. The van der Waals surface area contributed by atoms with E-state index in [-0.39, 0.29) is 5.56 Å². The van der Waals surface area contributed by atoms with E-state index in [1.54, 1.807) is 0 Å². The van der Waals surface area contributed by atoms with Crippen molar-refractivity contribution in [2.75, 3.05) is 6.54 Å². The van der Waals surface area contributed by atoms with Crippen LogP contribution in [0.25, 0.3) is 0 Å². The Kier molecular flexibility index (Phi) is 5.26. The Morgan fingerprint density at radius 1 is 1.14 bits per heavy atom. The van der Waals surface area contributed by atoms with Gasteiger partial charge in [-0.2, -0.15) is 0 Å². The number of hydrogen-bond donors (Lipinski definition) is 1. The molecule has 0 unspecified atom stereocenters. The Hall–Kier alpha value is -1.52. The lowest BCUT2D eigenvalue weighted by Crippen LogP contribution is -2.27. The van der Waals surface area contributed by atoms with E-state index in [9.17, 15) is 18.0 Å². The quantitative estimate of drug-likeness (QED) is 0.835. The SMILES string of the molecule is CC1CCC(CCNC(=O)c2cc(F)c(F)c(F)c2)CC1. The van der Waals surface area contributed by atoms with Crippen LogP contribution in [0.15, 0.2) is 12.1 Å². The van der Waals surface area contributed by atoms with Crippen molar-refractivity contribution in [2.45, 2.75) is 39.0 Å². The minimum Gasteiger partial charge on any atom is -0.352 e. The number of carbonyl (C=O) groups excluding carboxylic acids is 1. The van der Waals surface area contributed by atoms with E-state index in [1.165, 1.54) is 12.8 Å². The smallest absolute Gasteiger partial charge is 0.251 e. The van der Waals surface area contributed by atoms with E-state index < -0.39 is 23.4 Å². The molecule has 0 aromatic heterocycles. The van der Waals surface area contributed by atoms with Gasteiger partial charge in [0.1, 0.15) is 0 Å². The molecule has 1 N–H and O–H groups in total. The lowest BCUT2D eigenvalue weighted by molar-refractivity contribution is 0.0948. The van der Waals surface area contributed by atoms with Gasteiger partial charge in [0.2, 0.25) is 0 Å². The summed E-state index contributed by atoms with van der Waals surface area (Å²) in [5, 5.41) is 2.64. The topological polar surface area (TPSA) is 29.1 Å². The average molecular weight is 299 g/mol. The highest BCUT2D eigenvalue weighted by molar-refractivity contribution is 5.94. The summed E-state index contributed by atoms with van der Waals surface area (Å²) >= 11 is 0. The molecular formula is C16H20F3NO. The van der Waals surface area contributed by atoms with Crippen molar-refractivity contribution in [3.8, 4) is 0 Å². The van der Waals surface area contributed by atoms with Crippen LogP contribution >= 0.6 is 0 Å². The molecule has 0 saturated heterocycles. The van der Waals surface area contributed by atoms with Gasteiger partial charge in [0, 0.05) is 12.1 Å². The zero-order valence-electron chi connectivity index (χ0n) is 12.1. The van der Waals surface area contributed by atoms with Crippen LogP contribution in [0.2, 0.25) is 0 Å². The van der Waals surface area contributed by atoms with Crippen LogP contribution in [0.1, 0.15) is 49.4 Å². The van der Waals surface area contributed by atoms with E-state index in [0.29, 0.717) is 12.5 Å². The van der Waals surface area contributed by atoms with Crippen LogP contribution in [-0.2, 0) is 0 Å². The van der Waals surface area contributed by atoms with Gasteiger partial charge >= 0.3 is 0 Å². The molecule has 0 radical (unpaired) electrons. The maximum Gasteiger partial charge on any atom is 0.251 e. The Balaban J connectivity index is 1.82. The summed E-state index contributed by atoms with van der Waals surface area (Å²) in [6.45, 7) is 2.72. The number of hydrogen-bond acceptors (Lipinski definition) is 1. The zero-order chi connectivity index (χ0) is 15.4. The molecule has 5 heteroatoms. The predicted octanol–water partition coefficient (Wildman–Crippen LogP) is 4.05. The first-order valence-corrected chi connectivity index (χ1v) is 7.40. The molecule has 1 aromatic rings. The van der Waals surface area contributed by atoms with Crippen LogP contribution in [0, 0.1) is 29.3 Å². The third-order valence-corrected chi connectivity index (χ3v) is 4.22. The van der Waals surface area contributed by atoms with Crippen LogP contribution in [-0.4, -0.2) is 12.5 Å². The third kappa shape index (κ3) is 4.22. The number of benzene rings is 1. The molecule has 1 aromatic carbocycles. The second kappa shape index (κ2) is 6.96.